The third-order valence-corrected chi connectivity index (χ3v) is 4.62. The molecule has 3 rings (SSSR count). The summed E-state index contributed by atoms with van der Waals surface area (Å²) in [5.41, 5.74) is 2.53. The number of hydrogen-bond donors (Lipinski definition) is 1. The van der Waals surface area contributed by atoms with Crippen molar-refractivity contribution in [2.45, 2.75) is 25.4 Å². The quantitative estimate of drug-likeness (QED) is 0.908. The first-order chi connectivity index (χ1) is 12.1. The molecule has 132 valence electrons. The fourth-order valence-electron chi connectivity index (χ4n) is 3.24. The second-order valence-electron chi connectivity index (χ2n) is 6.09. The standard InChI is InChI=1S/C20H23NO4/c1-24-15-8-9-16-17(13-15)21(12-11-18(16)22)20(23)10-7-14-5-3-4-6-19(14)25-2/h3-6,8-9,13,18,22H,7,10-12H2,1-2H3. The molecule has 0 saturated carbocycles. The molecule has 0 aromatic heterocycles. The number of anilines is 1. The van der Waals surface area contributed by atoms with Gasteiger partial charge in [0.05, 0.1) is 26.0 Å². The predicted molar refractivity (Wildman–Crippen MR) is 96.2 cm³/mol. The lowest BCUT2D eigenvalue weighted by atomic mass is 9.97. The molecule has 5 heteroatoms. The Bertz CT molecular complexity index is 759. The lowest BCUT2D eigenvalue weighted by Gasteiger charge is -2.32. The summed E-state index contributed by atoms with van der Waals surface area (Å²) in [6.45, 7) is 0.506. The van der Waals surface area contributed by atoms with Gasteiger partial charge < -0.3 is 19.5 Å². The Morgan fingerprint density at radius 1 is 1.20 bits per heavy atom. The topological polar surface area (TPSA) is 59.0 Å². The second kappa shape index (κ2) is 7.57. The number of methoxy groups -OCH3 is 2. The molecule has 0 radical (unpaired) electrons. The average Bonchev–Trinajstić information content (AvgIpc) is 2.66. The molecule has 1 atom stereocenters. The molecular formula is C20H23NO4. The van der Waals surface area contributed by atoms with E-state index in [-0.39, 0.29) is 5.91 Å². The number of para-hydroxylation sites is 1. The van der Waals surface area contributed by atoms with Gasteiger partial charge >= 0.3 is 0 Å². The fraction of sp³-hybridized carbons (Fsp3) is 0.350. The molecule has 0 bridgehead atoms. The van der Waals surface area contributed by atoms with Crippen molar-refractivity contribution in [3.05, 3.63) is 53.6 Å². The summed E-state index contributed by atoms with van der Waals surface area (Å²) in [6.07, 6.45) is 0.993. The van der Waals surface area contributed by atoms with E-state index in [4.69, 9.17) is 9.47 Å². The molecule has 25 heavy (non-hydrogen) atoms. The molecule has 1 aliphatic rings. The number of ether oxygens (including phenoxy) is 2. The third-order valence-electron chi connectivity index (χ3n) is 4.62. The van der Waals surface area contributed by atoms with E-state index >= 15 is 0 Å². The number of aliphatic hydroxyl groups is 1. The Labute approximate surface area is 147 Å². The SMILES string of the molecule is COc1ccc2c(c1)N(C(=O)CCc1ccccc1OC)CCC2O. The first kappa shape index (κ1) is 17.3. The summed E-state index contributed by atoms with van der Waals surface area (Å²) in [7, 11) is 3.23. The smallest absolute Gasteiger partial charge is 0.227 e. The van der Waals surface area contributed by atoms with E-state index in [1.54, 1.807) is 19.1 Å². The van der Waals surface area contributed by atoms with E-state index in [0.29, 0.717) is 31.6 Å². The lowest BCUT2D eigenvalue weighted by Crippen LogP contribution is -2.36. The third kappa shape index (κ3) is 3.61. The van der Waals surface area contributed by atoms with Gasteiger partial charge in [0.2, 0.25) is 5.91 Å². The van der Waals surface area contributed by atoms with Gasteiger partial charge in [0, 0.05) is 24.6 Å². The van der Waals surface area contributed by atoms with Crippen LogP contribution in [0.1, 0.15) is 30.1 Å². The van der Waals surface area contributed by atoms with Gasteiger partial charge in [-0.15, -0.1) is 0 Å². The maximum absolute atomic E-state index is 12.8. The number of aliphatic hydroxyl groups excluding tert-OH is 1. The largest absolute Gasteiger partial charge is 0.497 e. The highest BCUT2D eigenvalue weighted by molar-refractivity contribution is 5.95. The zero-order valence-corrected chi connectivity index (χ0v) is 14.6. The van der Waals surface area contributed by atoms with Crippen molar-refractivity contribution in [1.29, 1.82) is 0 Å². The van der Waals surface area contributed by atoms with Crippen LogP contribution < -0.4 is 14.4 Å². The summed E-state index contributed by atoms with van der Waals surface area (Å²) in [4.78, 5) is 14.6. The van der Waals surface area contributed by atoms with Gasteiger partial charge in [-0.2, -0.15) is 0 Å². The Morgan fingerprint density at radius 3 is 2.76 bits per heavy atom. The molecule has 0 aliphatic carbocycles. The van der Waals surface area contributed by atoms with E-state index in [1.807, 2.05) is 42.5 Å². The maximum Gasteiger partial charge on any atom is 0.227 e. The predicted octanol–water partition coefficient (Wildman–Crippen LogP) is 3.11. The van der Waals surface area contributed by atoms with Crippen LogP contribution in [0.5, 0.6) is 11.5 Å². The first-order valence-corrected chi connectivity index (χ1v) is 8.42. The van der Waals surface area contributed by atoms with Gasteiger partial charge in [-0.1, -0.05) is 24.3 Å². The van der Waals surface area contributed by atoms with Crippen LogP contribution in [0.15, 0.2) is 42.5 Å². The molecule has 1 aliphatic heterocycles. The minimum Gasteiger partial charge on any atom is -0.497 e. The van der Waals surface area contributed by atoms with Crippen molar-refractivity contribution in [1.82, 2.24) is 0 Å². The van der Waals surface area contributed by atoms with Crippen molar-refractivity contribution < 1.29 is 19.4 Å². The molecule has 1 unspecified atom stereocenters. The average molecular weight is 341 g/mol. The van der Waals surface area contributed by atoms with E-state index in [1.165, 1.54) is 0 Å². The minimum absolute atomic E-state index is 0.0345. The molecule has 0 spiro atoms. The number of benzene rings is 2. The molecule has 2 aromatic rings. The molecule has 1 amide bonds. The monoisotopic (exact) mass is 341 g/mol. The van der Waals surface area contributed by atoms with Crippen LogP contribution in [0.25, 0.3) is 0 Å². The fourth-order valence-corrected chi connectivity index (χ4v) is 3.24. The zero-order valence-electron chi connectivity index (χ0n) is 14.6. The van der Waals surface area contributed by atoms with Crippen molar-refractivity contribution >= 4 is 11.6 Å². The van der Waals surface area contributed by atoms with Gasteiger partial charge in [-0.3, -0.25) is 4.79 Å². The summed E-state index contributed by atoms with van der Waals surface area (Å²) in [5, 5.41) is 10.2. The molecule has 1 N–H and O–H groups in total. The number of fused-ring (bicyclic) bond motifs is 1. The van der Waals surface area contributed by atoms with Crippen LogP contribution >= 0.6 is 0 Å². The van der Waals surface area contributed by atoms with E-state index in [2.05, 4.69) is 0 Å². The maximum atomic E-state index is 12.8. The van der Waals surface area contributed by atoms with Crippen LogP contribution in [-0.4, -0.2) is 31.8 Å². The Kier molecular flexibility index (Phi) is 5.24. The highest BCUT2D eigenvalue weighted by Gasteiger charge is 2.27. The molecule has 0 saturated heterocycles. The molecule has 5 nitrogen and oxygen atoms in total. The van der Waals surface area contributed by atoms with E-state index < -0.39 is 6.10 Å². The van der Waals surface area contributed by atoms with Crippen LogP contribution in [-0.2, 0) is 11.2 Å². The molecule has 1 heterocycles. The number of amides is 1. The molecular weight excluding hydrogens is 318 g/mol. The van der Waals surface area contributed by atoms with Gasteiger partial charge in [0.15, 0.2) is 0 Å². The number of aryl methyl sites for hydroxylation is 1. The van der Waals surface area contributed by atoms with E-state index in [9.17, 15) is 9.90 Å². The van der Waals surface area contributed by atoms with Gasteiger partial charge in [-0.05, 0) is 30.5 Å². The number of nitrogens with zero attached hydrogens (tertiary/aromatic N) is 1. The van der Waals surface area contributed by atoms with Crippen molar-refractivity contribution in [2.75, 3.05) is 25.7 Å². The molecule has 2 aromatic carbocycles. The van der Waals surface area contributed by atoms with Crippen LogP contribution in [0, 0.1) is 0 Å². The first-order valence-electron chi connectivity index (χ1n) is 8.42. The summed E-state index contributed by atoms with van der Waals surface area (Å²) < 4.78 is 10.6. The number of hydrogen-bond acceptors (Lipinski definition) is 4. The highest BCUT2D eigenvalue weighted by atomic mass is 16.5. The van der Waals surface area contributed by atoms with Gasteiger partial charge in [0.25, 0.3) is 0 Å². The van der Waals surface area contributed by atoms with Crippen molar-refractivity contribution in [3.63, 3.8) is 0 Å². The van der Waals surface area contributed by atoms with Gasteiger partial charge in [0.1, 0.15) is 11.5 Å². The number of carbonyl (C=O) groups is 1. The summed E-state index contributed by atoms with van der Waals surface area (Å²) in [5.74, 6) is 1.51. The summed E-state index contributed by atoms with van der Waals surface area (Å²) >= 11 is 0. The second-order valence-corrected chi connectivity index (χ2v) is 6.09. The Balaban J connectivity index is 1.78. The minimum atomic E-state index is -0.542. The van der Waals surface area contributed by atoms with E-state index in [0.717, 1.165) is 22.6 Å². The zero-order chi connectivity index (χ0) is 17.8. The van der Waals surface area contributed by atoms with Crippen molar-refractivity contribution in [3.8, 4) is 11.5 Å². The highest BCUT2D eigenvalue weighted by Crippen LogP contribution is 2.36. The normalized spacial score (nSPS) is 16.3. The van der Waals surface area contributed by atoms with Gasteiger partial charge in [-0.25, -0.2) is 0 Å². The van der Waals surface area contributed by atoms with Crippen LogP contribution in [0.3, 0.4) is 0 Å². The summed E-state index contributed by atoms with van der Waals surface area (Å²) in [6, 6.07) is 13.2. The number of rotatable bonds is 5. The Morgan fingerprint density at radius 2 is 2.00 bits per heavy atom. The molecule has 0 fully saturated rings. The van der Waals surface area contributed by atoms with Crippen molar-refractivity contribution in [2.24, 2.45) is 0 Å². The van der Waals surface area contributed by atoms with Crippen LogP contribution in [0.2, 0.25) is 0 Å². The Hall–Kier alpha value is -2.53. The number of carbonyl (C=O) groups excluding carboxylic acids is 1. The lowest BCUT2D eigenvalue weighted by molar-refractivity contribution is -0.118. The van der Waals surface area contributed by atoms with Crippen LogP contribution in [0.4, 0.5) is 5.69 Å².